The Morgan fingerprint density at radius 2 is 2.33 bits per heavy atom. The van der Waals surface area contributed by atoms with Crippen LogP contribution in [0.1, 0.15) is 18.3 Å². The average molecular weight is 220 g/mol. The summed E-state index contributed by atoms with van der Waals surface area (Å²) >= 11 is 1.19. The van der Waals surface area contributed by atoms with Gasteiger partial charge in [0.25, 0.3) is 0 Å². The standard InChI is InChI=1S/C11H12N2OS/c1-8-11(12)6-5-10(13-8)4-3-7-15-9(2)14/h5-6H,7,12H2,1-2H3. The van der Waals surface area contributed by atoms with Crippen molar-refractivity contribution >= 4 is 22.6 Å². The predicted molar refractivity (Wildman–Crippen MR) is 63.4 cm³/mol. The van der Waals surface area contributed by atoms with Gasteiger partial charge in [-0.25, -0.2) is 4.98 Å². The fraction of sp³-hybridized carbons (Fsp3) is 0.273. The fourth-order valence-electron chi connectivity index (χ4n) is 0.906. The largest absolute Gasteiger partial charge is 0.397 e. The molecule has 1 aromatic heterocycles. The van der Waals surface area contributed by atoms with Gasteiger partial charge in [0.05, 0.1) is 17.1 Å². The van der Waals surface area contributed by atoms with Gasteiger partial charge in [-0.05, 0) is 25.0 Å². The Kier molecular flexibility index (Phi) is 4.19. The van der Waals surface area contributed by atoms with E-state index >= 15 is 0 Å². The number of nitrogens with zero attached hydrogens (tertiary/aromatic N) is 1. The molecule has 78 valence electrons. The second-order valence-corrected chi connectivity index (χ2v) is 4.11. The van der Waals surface area contributed by atoms with Crippen molar-refractivity contribution in [3.8, 4) is 11.8 Å². The molecule has 0 amide bonds. The summed E-state index contributed by atoms with van der Waals surface area (Å²) in [6, 6.07) is 3.55. The van der Waals surface area contributed by atoms with E-state index < -0.39 is 0 Å². The second kappa shape index (κ2) is 5.42. The summed E-state index contributed by atoms with van der Waals surface area (Å²) < 4.78 is 0. The first-order valence-corrected chi connectivity index (χ1v) is 5.43. The van der Waals surface area contributed by atoms with E-state index in [-0.39, 0.29) is 5.12 Å². The lowest BCUT2D eigenvalue weighted by Gasteiger charge is -1.97. The molecule has 0 saturated carbocycles. The summed E-state index contributed by atoms with van der Waals surface area (Å²) in [4.78, 5) is 14.8. The first kappa shape index (κ1) is 11.6. The highest BCUT2D eigenvalue weighted by Gasteiger charge is 1.95. The Hall–Kier alpha value is -1.47. The van der Waals surface area contributed by atoms with Crippen molar-refractivity contribution in [2.75, 3.05) is 11.5 Å². The zero-order chi connectivity index (χ0) is 11.3. The van der Waals surface area contributed by atoms with Gasteiger partial charge in [-0.15, -0.1) is 0 Å². The van der Waals surface area contributed by atoms with Crippen LogP contribution in [0.25, 0.3) is 0 Å². The lowest BCUT2D eigenvalue weighted by atomic mass is 10.3. The zero-order valence-corrected chi connectivity index (χ0v) is 9.52. The first-order valence-electron chi connectivity index (χ1n) is 4.45. The number of rotatable bonds is 1. The zero-order valence-electron chi connectivity index (χ0n) is 8.70. The van der Waals surface area contributed by atoms with E-state index in [2.05, 4.69) is 16.8 Å². The van der Waals surface area contributed by atoms with Crippen molar-refractivity contribution in [2.45, 2.75) is 13.8 Å². The van der Waals surface area contributed by atoms with E-state index in [0.29, 0.717) is 17.1 Å². The monoisotopic (exact) mass is 220 g/mol. The van der Waals surface area contributed by atoms with Crippen LogP contribution in [0.2, 0.25) is 0 Å². The van der Waals surface area contributed by atoms with Gasteiger partial charge in [0.1, 0.15) is 5.69 Å². The molecule has 1 rings (SSSR count). The topological polar surface area (TPSA) is 56.0 Å². The first-order chi connectivity index (χ1) is 7.09. The third kappa shape index (κ3) is 4.05. The highest BCUT2D eigenvalue weighted by atomic mass is 32.2. The Morgan fingerprint density at radius 1 is 1.60 bits per heavy atom. The molecule has 1 heterocycles. The molecule has 1 aromatic rings. The number of hydrogen-bond acceptors (Lipinski definition) is 4. The van der Waals surface area contributed by atoms with Gasteiger partial charge in [-0.1, -0.05) is 17.7 Å². The number of anilines is 1. The van der Waals surface area contributed by atoms with Gasteiger partial charge in [0.2, 0.25) is 0 Å². The summed E-state index contributed by atoms with van der Waals surface area (Å²) in [7, 11) is 0. The van der Waals surface area contributed by atoms with Crippen LogP contribution in [0.15, 0.2) is 12.1 Å². The summed E-state index contributed by atoms with van der Waals surface area (Å²) in [5, 5.41) is 0.0748. The van der Waals surface area contributed by atoms with Crippen LogP contribution in [0.3, 0.4) is 0 Å². The molecule has 0 unspecified atom stereocenters. The number of carbonyl (C=O) groups excluding carboxylic acids is 1. The third-order valence-corrected chi connectivity index (χ3v) is 2.39. The van der Waals surface area contributed by atoms with Gasteiger partial charge >= 0.3 is 0 Å². The molecule has 2 N–H and O–H groups in total. The van der Waals surface area contributed by atoms with Crippen molar-refractivity contribution < 1.29 is 4.79 Å². The van der Waals surface area contributed by atoms with Gasteiger partial charge < -0.3 is 5.73 Å². The third-order valence-electron chi connectivity index (χ3n) is 1.69. The van der Waals surface area contributed by atoms with Crippen LogP contribution in [0.4, 0.5) is 5.69 Å². The smallest absolute Gasteiger partial charge is 0.186 e. The number of carbonyl (C=O) groups is 1. The number of thioether (sulfide) groups is 1. The molecule has 0 atom stereocenters. The molecular formula is C11H12N2OS. The van der Waals surface area contributed by atoms with Crippen LogP contribution < -0.4 is 5.73 Å². The lowest BCUT2D eigenvalue weighted by molar-refractivity contribution is -0.109. The molecule has 4 heteroatoms. The Balaban J connectivity index is 2.64. The van der Waals surface area contributed by atoms with Gasteiger partial charge in [-0.2, -0.15) is 0 Å². The van der Waals surface area contributed by atoms with Crippen LogP contribution in [0, 0.1) is 18.8 Å². The van der Waals surface area contributed by atoms with E-state index in [4.69, 9.17) is 5.73 Å². The van der Waals surface area contributed by atoms with Crippen molar-refractivity contribution in [3.05, 3.63) is 23.5 Å². The molecule has 15 heavy (non-hydrogen) atoms. The summed E-state index contributed by atoms with van der Waals surface area (Å²) in [5.41, 5.74) is 7.75. The summed E-state index contributed by atoms with van der Waals surface area (Å²) in [5.74, 6) is 6.25. The van der Waals surface area contributed by atoms with Gasteiger partial charge in [0, 0.05) is 6.92 Å². The van der Waals surface area contributed by atoms with Crippen LogP contribution in [-0.4, -0.2) is 15.9 Å². The summed E-state index contributed by atoms with van der Waals surface area (Å²) in [6.07, 6.45) is 0. The number of nitrogens with two attached hydrogens (primary N) is 1. The molecule has 0 saturated heterocycles. The van der Waals surface area contributed by atoms with Gasteiger partial charge in [-0.3, -0.25) is 4.79 Å². The van der Waals surface area contributed by atoms with Crippen LogP contribution in [0.5, 0.6) is 0 Å². The van der Waals surface area contributed by atoms with Gasteiger partial charge in [0.15, 0.2) is 5.12 Å². The number of nitrogen functional groups attached to an aromatic ring is 1. The van der Waals surface area contributed by atoms with Crippen molar-refractivity contribution in [1.82, 2.24) is 4.98 Å². The Labute approximate surface area is 93.5 Å². The highest BCUT2D eigenvalue weighted by molar-refractivity contribution is 8.13. The Morgan fingerprint density at radius 3 is 2.93 bits per heavy atom. The maximum Gasteiger partial charge on any atom is 0.186 e. The van der Waals surface area contributed by atoms with Crippen LogP contribution >= 0.6 is 11.8 Å². The molecule has 0 aliphatic rings. The molecule has 0 fully saturated rings. The molecule has 3 nitrogen and oxygen atoms in total. The number of pyridine rings is 1. The molecular weight excluding hydrogens is 208 g/mol. The van der Waals surface area contributed by atoms with E-state index in [0.717, 1.165) is 5.69 Å². The number of hydrogen-bond donors (Lipinski definition) is 1. The number of aryl methyl sites for hydroxylation is 1. The normalized spacial score (nSPS) is 9.20. The van der Waals surface area contributed by atoms with Crippen molar-refractivity contribution in [2.24, 2.45) is 0 Å². The SMILES string of the molecule is CC(=O)SCC#Cc1ccc(N)c(C)n1. The van der Waals surface area contributed by atoms with Crippen LogP contribution in [-0.2, 0) is 4.79 Å². The minimum absolute atomic E-state index is 0.0748. The van der Waals surface area contributed by atoms with Crippen molar-refractivity contribution in [1.29, 1.82) is 0 Å². The molecule has 0 aliphatic heterocycles. The predicted octanol–water partition coefficient (Wildman–Crippen LogP) is 1.60. The van der Waals surface area contributed by atoms with E-state index in [1.54, 1.807) is 12.1 Å². The molecule has 0 aromatic carbocycles. The molecule has 0 spiro atoms. The Bertz CT molecular complexity index is 432. The highest BCUT2D eigenvalue weighted by Crippen LogP contribution is 2.07. The van der Waals surface area contributed by atoms with E-state index in [9.17, 15) is 4.79 Å². The average Bonchev–Trinajstić information content (AvgIpc) is 2.18. The molecule has 0 bridgehead atoms. The number of aromatic nitrogens is 1. The van der Waals surface area contributed by atoms with E-state index in [1.807, 2.05) is 6.92 Å². The minimum Gasteiger partial charge on any atom is -0.397 e. The van der Waals surface area contributed by atoms with E-state index in [1.165, 1.54) is 18.7 Å². The summed E-state index contributed by atoms with van der Waals surface area (Å²) in [6.45, 7) is 3.36. The van der Waals surface area contributed by atoms with Crippen molar-refractivity contribution in [3.63, 3.8) is 0 Å². The minimum atomic E-state index is 0.0748. The maximum atomic E-state index is 10.6. The molecule has 0 aliphatic carbocycles. The quantitative estimate of drug-likeness (QED) is 0.730. The lowest BCUT2D eigenvalue weighted by Crippen LogP contribution is -1.94. The fourth-order valence-corrected chi connectivity index (χ4v) is 1.25. The maximum absolute atomic E-state index is 10.6. The second-order valence-electron chi connectivity index (χ2n) is 2.95. The molecule has 0 radical (unpaired) electrons.